The summed E-state index contributed by atoms with van der Waals surface area (Å²) < 4.78 is 0. The molecule has 156 valence electrons. The minimum absolute atomic E-state index is 0.00742. The monoisotopic (exact) mass is 387 g/mol. The molecule has 2 atom stereocenters. The molecule has 0 aliphatic heterocycles. The molecule has 6 N–H and O–H groups in total. The van der Waals surface area contributed by atoms with Crippen LogP contribution in [0.1, 0.15) is 39.0 Å². The number of carboxylic acids is 1. The molecule has 3 amide bonds. The van der Waals surface area contributed by atoms with Gasteiger partial charge in [0.1, 0.15) is 6.04 Å². The summed E-state index contributed by atoms with van der Waals surface area (Å²) in [6.07, 6.45) is 1.86. The van der Waals surface area contributed by atoms with Gasteiger partial charge in [0.25, 0.3) is 0 Å². The molecule has 0 aliphatic rings. The lowest BCUT2D eigenvalue weighted by Crippen LogP contribution is -2.44. The van der Waals surface area contributed by atoms with E-state index in [9.17, 15) is 24.3 Å². The van der Waals surface area contributed by atoms with Crippen molar-refractivity contribution in [3.63, 3.8) is 0 Å². The highest BCUT2D eigenvalue weighted by atomic mass is 16.4. The summed E-state index contributed by atoms with van der Waals surface area (Å²) in [5.74, 6) is -1.81. The van der Waals surface area contributed by atoms with Gasteiger partial charge >= 0.3 is 5.97 Å². The van der Waals surface area contributed by atoms with Gasteiger partial charge in [-0.05, 0) is 40.3 Å². The van der Waals surface area contributed by atoms with Crippen LogP contribution in [-0.2, 0) is 19.2 Å². The van der Waals surface area contributed by atoms with Gasteiger partial charge in [0, 0.05) is 32.5 Å². The zero-order valence-electron chi connectivity index (χ0n) is 16.4. The van der Waals surface area contributed by atoms with Crippen LogP contribution < -0.4 is 26.6 Å². The molecule has 27 heavy (non-hydrogen) atoms. The van der Waals surface area contributed by atoms with Crippen molar-refractivity contribution in [3.8, 4) is 0 Å². The highest BCUT2D eigenvalue weighted by Crippen LogP contribution is 2.02. The van der Waals surface area contributed by atoms with Crippen LogP contribution in [0.5, 0.6) is 0 Å². The van der Waals surface area contributed by atoms with Crippen LogP contribution in [0.25, 0.3) is 0 Å². The molecule has 0 aromatic carbocycles. The quantitative estimate of drug-likeness (QED) is 0.189. The Labute approximate surface area is 160 Å². The third kappa shape index (κ3) is 12.7. The molecule has 10 nitrogen and oxygen atoms in total. The summed E-state index contributed by atoms with van der Waals surface area (Å²) >= 11 is 0. The van der Waals surface area contributed by atoms with Gasteiger partial charge in [-0.1, -0.05) is 0 Å². The van der Waals surface area contributed by atoms with Crippen molar-refractivity contribution in [2.45, 2.75) is 51.1 Å². The minimum atomic E-state index is -1.10. The highest BCUT2D eigenvalue weighted by Gasteiger charge is 2.19. The standard InChI is InChI=1S/C17H33N5O5/c1-12(19-3)16(25)21-11-8-15(24)22-13(17(26)27)6-4-5-9-20-14(23)7-10-18-2/h12-13,18-19H,4-11H2,1-3H3,(H,20,23)(H,21,25)(H,22,24)(H,26,27)/t12-,13-/m0/s1. The van der Waals surface area contributed by atoms with Gasteiger partial charge in [-0.25, -0.2) is 4.79 Å². The van der Waals surface area contributed by atoms with Gasteiger partial charge in [-0.2, -0.15) is 0 Å². The van der Waals surface area contributed by atoms with Crippen molar-refractivity contribution in [2.24, 2.45) is 0 Å². The Bertz CT molecular complexity index is 486. The van der Waals surface area contributed by atoms with E-state index in [-0.39, 0.29) is 37.2 Å². The van der Waals surface area contributed by atoms with Crippen molar-refractivity contribution in [1.29, 1.82) is 0 Å². The van der Waals surface area contributed by atoms with E-state index < -0.39 is 17.9 Å². The fraction of sp³-hybridized carbons (Fsp3) is 0.765. The molecule has 0 aliphatic carbocycles. The number of carbonyl (C=O) groups is 4. The van der Waals surface area contributed by atoms with E-state index >= 15 is 0 Å². The maximum absolute atomic E-state index is 11.9. The smallest absolute Gasteiger partial charge is 0.326 e. The molecule has 0 aromatic rings. The number of amides is 3. The summed E-state index contributed by atoms with van der Waals surface area (Å²) in [5, 5.41) is 22.7. The summed E-state index contributed by atoms with van der Waals surface area (Å²) in [4.78, 5) is 46.1. The van der Waals surface area contributed by atoms with Crippen molar-refractivity contribution in [3.05, 3.63) is 0 Å². The van der Waals surface area contributed by atoms with Gasteiger partial charge in [0.2, 0.25) is 17.7 Å². The first-order valence-electron chi connectivity index (χ1n) is 9.20. The Balaban J connectivity index is 4.02. The van der Waals surface area contributed by atoms with E-state index in [2.05, 4.69) is 26.6 Å². The highest BCUT2D eigenvalue weighted by molar-refractivity contribution is 5.85. The van der Waals surface area contributed by atoms with Crippen LogP contribution in [-0.4, -0.2) is 74.6 Å². The molecule has 0 aromatic heterocycles. The number of unbranched alkanes of at least 4 members (excludes halogenated alkanes) is 1. The van der Waals surface area contributed by atoms with E-state index in [1.807, 2.05) is 0 Å². The molecule has 0 bridgehead atoms. The molecule has 0 rings (SSSR count). The Hall–Kier alpha value is -2.20. The van der Waals surface area contributed by atoms with E-state index in [0.717, 1.165) is 0 Å². The van der Waals surface area contributed by atoms with E-state index in [0.29, 0.717) is 32.4 Å². The van der Waals surface area contributed by atoms with Gasteiger partial charge in [0.05, 0.1) is 6.04 Å². The van der Waals surface area contributed by atoms with Gasteiger partial charge < -0.3 is 31.7 Å². The van der Waals surface area contributed by atoms with Crippen molar-refractivity contribution in [1.82, 2.24) is 26.6 Å². The number of hydrogen-bond donors (Lipinski definition) is 6. The summed E-state index contributed by atoms with van der Waals surface area (Å²) in [6.45, 7) is 2.91. The SMILES string of the molecule is CNCCC(=O)NCCCC[C@H](NC(=O)CCNC(=O)[C@H](C)NC)C(=O)O. The molecule has 10 heteroatoms. The lowest BCUT2D eigenvalue weighted by molar-refractivity contribution is -0.142. The first-order valence-corrected chi connectivity index (χ1v) is 9.20. The molecule has 0 saturated heterocycles. The molecule has 0 fully saturated rings. The largest absolute Gasteiger partial charge is 0.480 e. The third-order valence-electron chi connectivity index (χ3n) is 3.95. The van der Waals surface area contributed by atoms with Crippen molar-refractivity contribution < 1.29 is 24.3 Å². The molecular formula is C17H33N5O5. The fourth-order valence-electron chi connectivity index (χ4n) is 2.14. The van der Waals surface area contributed by atoms with Gasteiger partial charge in [-0.15, -0.1) is 0 Å². The molecule has 0 spiro atoms. The second-order valence-corrected chi connectivity index (χ2v) is 6.21. The predicted molar refractivity (Wildman–Crippen MR) is 101 cm³/mol. The second kappa shape index (κ2) is 14.9. The predicted octanol–water partition coefficient (Wildman–Crippen LogP) is -1.43. The van der Waals surface area contributed by atoms with Crippen molar-refractivity contribution in [2.75, 3.05) is 33.7 Å². The van der Waals surface area contributed by atoms with E-state index in [1.54, 1.807) is 21.0 Å². The number of hydrogen-bond acceptors (Lipinski definition) is 6. The van der Waals surface area contributed by atoms with E-state index in [4.69, 9.17) is 0 Å². The second-order valence-electron chi connectivity index (χ2n) is 6.21. The van der Waals surface area contributed by atoms with Crippen LogP contribution in [0.3, 0.4) is 0 Å². The Kier molecular flexibility index (Phi) is 13.7. The van der Waals surface area contributed by atoms with Gasteiger partial charge in [-0.3, -0.25) is 14.4 Å². The van der Waals surface area contributed by atoms with Crippen LogP contribution >= 0.6 is 0 Å². The van der Waals surface area contributed by atoms with E-state index in [1.165, 1.54) is 0 Å². The Morgan fingerprint density at radius 3 is 2.15 bits per heavy atom. The van der Waals surface area contributed by atoms with Crippen LogP contribution in [0.4, 0.5) is 0 Å². The number of likely N-dealkylation sites (N-methyl/N-ethyl adjacent to an activating group) is 1. The fourth-order valence-corrected chi connectivity index (χ4v) is 2.14. The molecule has 0 unspecified atom stereocenters. The average molecular weight is 387 g/mol. The summed E-state index contributed by atoms with van der Waals surface area (Å²) in [5.41, 5.74) is 0. The summed E-state index contributed by atoms with van der Waals surface area (Å²) in [7, 11) is 3.42. The van der Waals surface area contributed by atoms with Gasteiger partial charge in [0.15, 0.2) is 0 Å². The van der Waals surface area contributed by atoms with Crippen LogP contribution in [0.2, 0.25) is 0 Å². The first-order chi connectivity index (χ1) is 12.8. The molecular weight excluding hydrogens is 354 g/mol. The number of rotatable bonds is 15. The topological polar surface area (TPSA) is 149 Å². The van der Waals surface area contributed by atoms with Crippen LogP contribution in [0, 0.1) is 0 Å². The number of carbonyl (C=O) groups excluding carboxylic acids is 3. The Morgan fingerprint density at radius 1 is 0.889 bits per heavy atom. The normalized spacial score (nSPS) is 12.7. The third-order valence-corrected chi connectivity index (χ3v) is 3.95. The maximum atomic E-state index is 11.9. The lowest BCUT2D eigenvalue weighted by Gasteiger charge is -2.15. The molecule has 0 radical (unpaired) electrons. The number of aliphatic carboxylic acids is 1. The average Bonchev–Trinajstić information content (AvgIpc) is 2.63. The van der Waals surface area contributed by atoms with Crippen LogP contribution in [0.15, 0.2) is 0 Å². The minimum Gasteiger partial charge on any atom is -0.480 e. The number of nitrogens with one attached hydrogen (secondary N) is 5. The Morgan fingerprint density at radius 2 is 1.56 bits per heavy atom. The molecule has 0 heterocycles. The van der Waals surface area contributed by atoms with Crippen molar-refractivity contribution >= 4 is 23.7 Å². The first kappa shape index (κ1) is 24.8. The number of carboxylic acid groups (broad SMARTS) is 1. The lowest BCUT2D eigenvalue weighted by atomic mass is 10.1. The zero-order valence-corrected chi connectivity index (χ0v) is 16.4. The summed E-state index contributed by atoms with van der Waals surface area (Å²) in [6, 6.07) is -1.34. The maximum Gasteiger partial charge on any atom is 0.326 e. The zero-order chi connectivity index (χ0) is 20.7. The molecule has 0 saturated carbocycles.